The van der Waals surface area contributed by atoms with Gasteiger partial charge < -0.3 is 0 Å². The zero-order valence-corrected chi connectivity index (χ0v) is 58.1. The van der Waals surface area contributed by atoms with Gasteiger partial charge in [0.1, 0.15) is 0 Å². The highest BCUT2D eigenvalue weighted by atomic mass is 14.7. The summed E-state index contributed by atoms with van der Waals surface area (Å²) in [5, 5.41) is 0. The van der Waals surface area contributed by atoms with Crippen LogP contribution in [0, 0.1) is 108 Å². The van der Waals surface area contributed by atoms with E-state index in [0.29, 0.717) is 35.5 Å². The van der Waals surface area contributed by atoms with Crippen LogP contribution < -0.4 is 0 Å². The molecule has 0 amide bonds. The van der Waals surface area contributed by atoms with Gasteiger partial charge in [0, 0.05) is 0 Å². The van der Waals surface area contributed by atoms with E-state index >= 15 is 0 Å². The fourth-order valence-electron chi connectivity index (χ4n) is 10.9. The molecule has 0 radical (unpaired) electrons. The first-order chi connectivity index (χ1) is 30.4. The summed E-state index contributed by atoms with van der Waals surface area (Å²) in [7, 11) is 0. The minimum atomic E-state index is 0.0552. The highest BCUT2D eigenvalue weighted by molar-refractivity contribution is 5.14. The van der Waals surface area contributed by atoms with Crippen molar-refractivity contribution in [2.75, 3.05) is 0 Å². The normalized spacial score (nSPS) is 16.5. The molecule has 10 unspecified atom stereocenters. The lowest BCUT2D eigenvalue weighted by atomic mass is 9.34. The second-order valence-corrected chi connectivity index (χ2v) is 23.4. The molecule has 0 bridgehead atoms. The quantitative estimate of drug-likeness (QED) is 0.121. The third-order valence-corrected chi connectivity index (χ3v) is 21.8. The van der Waals surface area contributed by atoms with Crippen LogP contribution in [-0.2, 0) is 0 Å². The maximum atomic E-state index is 2.63. The van der Waals surface area contributed by atoms with Gasteiger partial charge in [0.05, 0.1) is 0 Å². The van der Waals surface area contributed by atoms with Crippen LogP contribution in [-0.4, -0.2) is 0 Å². The summed E-state index contributed by atoms with van der Waals surface area (Å²) < 4.78 is 0. The fourth-order valence-corrected chi connectivity index (χ4v) is 10.9. The Morgan fingerprint density at radius 3 is 0.582 bits per heavy atom. The van der Waals surface area contributed by atoms with Gasteiger partial charge in [-0.15, -0.1) is 0 Å². The zero-order chi connectivity index (χ0) is 58.1. The minimum absolute atomic E-state index is 0.0552. The predicted octanol–water partition coefficient (Wildman–Crippen LogP) is 25.9. The molecule has 0 aromatic carbocycles. The monoisotopic (exact) mass is 959 g/mol. The topological polar surface area (TPSA) is 0 Å². The number of hydrogen-bond donors (Lipinski definition) is 0. The molecule has 10 atom stereocenters. The van der Waals surface area contributed by atoms with Crippen molar-refractivity contribution in [3.05, 3.63) is 0 Å². The molecule has 422 valence electrons. The van der Waals surface area contributed by atoms with Gasteiger partial charge in [-0.2, -0.15) is 0 Å². The third kappa shape index (κ3) is 21.2. The van der Waals surface area contributed by atoms with Crippen molar-refractivity contribution in [3.63, 3.8) is 0 Å². The van der Waals surface area contributed by atoms with Crippen LogP contribution in [0.4, 0.5) is 0 Å². The second kappa shape index (κ2) is 41.5. The molecule has 0 rings (SSSR count). The van der Waals surface area contributed by atoms with Crippen LogP contribution in [0.5, 0.6) is 0 Å². The first kappa shape index (κ1) is 89.8. The lowest BCUT2D eigenvalue weighted by Gasteiger charge is -2.70. The molecular formula is C67H154. The molecular weight excluding hydrogens is 805 g/mol. The summed E-state index contributed by atoms with van der Waals surface area (Å²) in [6.07, 6.45) is 1.29. The van der Waals surface area contributed by atoms with Crippen molar-refractivity contribution >= 4 is 0 Å². The highest BCUT2D eigenvalue weighted by Crippen LogP contribution is 2.72. The van der Waals surface area contributed by atoms with Gasteiger partial charge in [0.15, 0.2) is 0 Å². The number of hydrogen-bond acceptors (Lipinski definition) is 0. The van der Waals surface area contributed by atoms with Crippen LogP contribution in [0.3, 0.4) is 0 Å². The summed E-state index contributed by atoms with van der Waals surface area (Å²) in [6.45, 7) is 110. The van der Waals surface area contributed by atoms with Gasteiger partial charge in [0.25, 0.3) is 0 Å². The van der Waals surface area contributed by atoms with Crippen molar-refractivity contribution in [3.8, 4) is 0 Å². The van der Waals surface area contributed by atoms with Crippen LogP contribution in [0.25, 0.3) is 0 Å². The van der Waals surface area contributed by atoms with E-state index in [4.69, 9.17) is 0 Å². The summed E-state index contributed by atoms with van der Waals surface area (Å²) in [5.41, 5.74) is 0.825. The van der Waals surface area contributed by atoms with Gasteiger partial charge in [0.2, 0.25) is 0 Å². The highest BCUT2D eigenvalue weighted by Gasteiger charge is 2.66. The Balaban J connectivity index is -0.000000200. The molecule has 0 aliphatic carbocycles. The van der Waals surface area contributed by atoms with Gasteiger partial charge in [-0.25, -0.2) is 0 Å². The average molecular weight is 960 g/mol. The van der Waals surface area contributed by atoms with E-state index in [1.165, 1.54) is 6.42 Å². The second-order valence-electron chi connectivity index (χ2n) is 23.4. The Hall–Kier alpha value is 0. The van der Waals surface area contributed by atoms with E-state index in [2.05, 4.69) is 201 Å². The van der Waals surface area contributed by atoms with E-state index in [1.807, 2.05) is 125 Å². The van der Waals surface area contributed by atoms with Gasteiger partial charge in [-0.05, 0) is 108 Å². The lowest BCUT2D eigenvalue weighted by molar-refractivity contribution is -0.222. The van der Waals surface area contributed by atoms with Crippen molar-refractivity contribution in [2.24, 2.45) is 108 Å². The molecule has 0 saturated heterocycles. The Morgan fingerprint density at radius 2 is 0.388 bits per heavy atom. The first-order valence-electron chi connectivity index (χ1n) is 30.4. The van der Waals surface area contributed by atoms with Crippen LogP contribution in [0.15, 0.2) is 0 Å². The number of rotatable bonds is 19. The predicted molar refractivity (Wildman–Crippen MR) is 329 cm³/mol. The molecule has 0 aromatic heterocycles. The average Bonchev–Trinajstić information content (AvgIpc) is 3.33. The van der Waals surface area contributed by atoms with E-state index < -0.39 is 0 Å². The van der Waals surface area contributed by atoms with E-state index in [-0.39, 0.29) is 43.3 Å². The van der Waals surface area contributed by atoms with Crippen molar-refractivity contribution in [1.29, 1.82) is 0 Å². The molecule has 67 heavy (non-hydrogen) atoms. The summed E-state index contributed by atoms with van der Waals surface area (Å²) in [6, 6.07) is 0. The maximum absolute atomic E-state index is 2.63. The van der Waals surface area contributed by atoms with Gasteiger partial charge in [-0.1, -0.05) is 332 Å². The fraction of sp³-hybridized carbons (Fsp3) is 1.00. The molecule has 0 nitrogen and oxygen atoms in total. The van der Waals surface area contributed by atoms with Crippen LogP contribution in [0.1, 0.15) is 332 Å². The van der Waals surface area contributed by atoms with E-state index in [0.717, 1.165) is 29.6 Å². The van der Waals surface area contributed by atoms with Gasteiger partial charge >= 0.3 is 0 Å². The Kier molecular flexibility index (Phi) is 55.6. The molecule has 0 aliphatic rings. The third-order valence-electron chi connectivity index (χ3n) is 21.8. The standard InChI is InChI=1S/C49H100.9C2H6/c1-30-32(4)33(5)34(6)35(7)36(8)37(9)38(10)39(11)40(12)41(13)43(16,17)45(20,21)47(24,25)49(28,29)48(26,27)46(22,23)44(18,19)42(14,15)31(2)3;9*1-2/h31-41H,30H2,1-29H3;9*1-2H3. The molecule has 0 fully saturated rings. The largest absolute Gasteiger partial charge is 0.0683 e. The summed E-state index contributed by atoms with van der Waals surface area (Å²) in [4.78, 5) is 0. The molecule has 0 spiro atoms. The van der Waals surface area contributed by atoms with E-state index in [1.54, 1.807) is 0 Å². The Bertz CT molecular complexity index is 1010. The van der Waals surface area contributed by atoms with Crippen molar-refractivity contribution in [1.82, 2.24) is 0 Å². The first-order valence-corrected chi connectivity index (χ1v) is 30.4. The molecule has 0 heteroatoms. The maximum Gasteiger partial charge on any atom is -0.0241 e. The summed E-state index contributed by atoms with van der Waals surface area (Å²) >= 11 is 0. The minimum Gasteiger partial charge on any atom is -0.0683 e. The van der Waals surface area contributed by atoms with Crippen LogP contribution >= 0.6 is 0 Å². The smallest absolute Gasteiger partial charge is 0.0241 e. The lowest BCUT2D eigenvalue weighted by Crippen LogP contribution is -2.64. The van der Waals surface area contributed by atoms with Crippen LogP contribution in [0.2, 0.25) is 0 Å². The molecule has 0 aliphatic heterocycles. The van der Waals surface area contributed by atoms with Gasteiger partial charge in [-0.3, -0.25) is 0 Å². The zero-order valence-electron chi connectivity index (χ0n) is 58.1. The van der Waals surface area contributed by atoms with Crippen molar-refractivity contribution < 1.29 is 0 Å². The molecule has 0 aromatic rings. The molecule has 0 saturated carbocycles. The van der Waals surface area contributed by atoms with Crippen molar-refractivity contribution in [2.45, 2.75) is 332 Å². The molecule has 0 heterocycles. The Morgan fingerprint density at radius 1 is 0.224 bits per heavy atom. The molecule has 0 N–H and O–H groups in total. The van der Waals surface area contributed by atoms with E-state index in [9.17, 15) is 0 Å². The SMILES string of the molecule is CC.CC.CC.CC.CC.CC.CC.CC.CC.CCC(C)C(C)C(C)C(C)C(C)C(C)C(C)C(C)C(C)C(C)C(C)(C)C(C)(C)C(C)(C)C(C)(C)C(C)(C)C(C)(C)C(C)(C)C(C)(C)C(C)C. The summed E-state index contributed by atoms with van der Waals surface area (Å²) in [5.74, 6) is 7.70. The Labute approximate surface area is 438 Å².